The summed E-state index contributed by atoms with van der Waals surface area (Å²) >= 11 is 16.8. The molecule has 3 N–H and O–H groups in total. The fraction of sp³-hybridized carbons (Fsp3) is 0.118. The van der Waals surface area contributed by atoms with Crippen molar-refractivity contribution < 1.29 is 14.3 Å². The van der Waals surface area contributed by atoms with E-state index in [0.29, 0.717) is 16.3 Å². The molecule has 0 aliphatic rings. The molecule has 0 saturated heterocycles. The number of benzene rings is 2. The van der Waals surface area contributed by atoms with Crippen molar-refractivity contribution in [3.63, 3.8) is 0 Å². The van der Waals surface area contributed by atoms with Gasteiger partial charge in [0.15, 0.2) is 11.2 Å². The van der Waals surface area contributed by atoms with Crippen molar-refractivity contribution in [2.45, 2.75) is 13.0 Å². The molecule has 2 aromatic rings. The highest BCUT2D eigenvalue weighted by Crippen LogP contribution is 2.28. The van der Waals surface area contributed by atoms with Gasteiger partial charge in [0, 0.05) is 10.6 Å². The van der Waals surface area contributed by atoms with Crippen LogP contribution in [0.15, 0.2) is 48.5 Å². The highest BCUT2D eigenvalue weighted by molar-refractivity contribution is 7.80. The van der Waals surface area contributed by atoms with Gasteiger partial charge in [0.05, 0.1) is 5.02 Å². The van der Waals surface area contributed by atoms with Crippen LogP contribution in [0.25, 0.3) is 0 Å². The molecule has 0 radical (unpaired) electrons. The molecule has 0 heterocycles. The van der Waals surface area contributed by atoms with Crippen molar-refractivity contribution in [3.05, 3.63) is 64.1 Å². The first-order chi connectivity index (χ1) is 12.4. The summed E-state index contributed by atoms with van der Waals surface area (Å²) < 4.78 is 5.47. The summed E-state index contributed by atoms with van der Waals surface area (Å²) in [5, 5.41) is 3.14. The number of hydrazine groups is 1. The fourth-order valence-electron chi connectivity index (χ4n) is 1.83. The second-order valence-electron chi connectivity index (χ2n) is 5.10. The number of thiocarbonyl (C=S) groups is 1. The maximum absolute atomic E-state index is 12.0. The van der Waals surface area contributed by atoms with E-state index in [1.165, 1.54) is 13.0 Å². The molecule has 0 saturated carbocycles. The smallest absolute Gasteiger partial charge is 0.279 e. The van der Waals surface area contributed by atoms with E-state index in [4.69, 9.17) is 40.2 Å². The van der Waals surface area contributed by atoms with Gasteiger partial charge >= 0.3 is 0 Å². The van der Waals surface area contributed by atoms with Gasteiger partial charge in [-0.25, -0.2) is 0 Å². The summed E-state index contributed by atoms with van der Waals surface area (Å²) in [4.78, 5) is 24.0. The van der Waals surface area contributed by atoms with Crippen LogP contribution in [0.2, 0.25) is 10.0 Å². The quantitative estimate of drug-likeness (QED) is 0.531. The zero-order chi connectivity index (χ0) is 19.1. The van der Waals surface area contributed by atoms with Crippen LogP contribution in [0.3, 0.4) is 0 Å². The highest BCUT2D eigenvalue weighted by atomic mass is 35.5. The van der Waals surface area contributed by atoms with Gasteiger partial charge in [-0.3, -0.25) is 25.8 Å². The Hall–Kier alpha value is -2.35. The third-order valence-corrected chi connectivity index (χ3v) is 3.86. The summed E-state index contributed by atoms with van der Waals surface area (Å²) in [7, 11) is 0. The lowest BCUT2D eigenvalue weighted by atomic mass is 10.2. The molecule has 6 nitrogen and oxygen atoms in total. The van der Waals surface area contributed by atoms with E-state index < -0.39 is 17.9 Å². The highest BCUT2D eigenvalue weighted by Gasteiger charge is 2.17. The molecule has 0 fully saturated rings. The molecule has 0 aromatic heterocycles. The Labute approximate surface area is 165 Å². The summed E-state index contributed by atoms with van der Waals surface area (Å²) in [5.41, 5.74) is 5.23. The number of hydrogen-bond acceptors (Lipinski definition) is 4. The standard InChI is InChI=1S/C17H15Cl2N3O3S/c1-10(25-14-8-7-12(18)9-13(14)19)15(23)21-22-17(26)20-16(24)11-5-3-2-4-6-11/h2-10H,1H3,(H,21,23)(H2,20,22,24,26). The molecular formula is C17H15Cl2N3O3S. The Morgan fingerprint density at radius 3 is 2.42 bits per heavy atom. The van der Waals surface area contributed by atoms with Gasteiger partial charge in [-0.05, 0) is 49.5 Å². The van der Waals surface area contributed by atoms with Crippen LogP contribution in [-0.4, -0.2) is 23.0 Å². The summed E-state index contributed by atoms with van der Waals surface area (Å²) in [5.74, 6) is -0.583. The predicted octanol–water partition coefficient (Wildman–Crippen LogP) is 3.10. The van der Waals surface area contributed by atoms with E-state index in [2.05, 4.69) is 16.2 Å². The number of amides is 2. The van der Waals surface area contributed by atoms with Crippen LogP contribution in [-0.2, 0) is 4.79 Å². The van der Waals surface area contributed by atoms with Crippen LogP contribution >= 0.6 is 35.4 Å². The van der Waals surface area contributed by atoms with Crippen LogP contribution in [0.1, 0.15) is 17.3 Å². The second kappa shape index (κ2) is 9.38. The Morgan fingerprint density at radius 2 is 1.77 bits per heavy atom. The first-order valence-electron chi connectivity index (χ1n) is 7.44. The van der Waals surface area contributed by atoms with E-state index >= 15 is 0 Å². The monoisotopic (exact) mass is 411 g/mol. The van der Waals surface area contributed by atoms with Crippen molar-refractivity contribution >= 4 is 52.3 Å². The second-order valence-corrected chi connectivity index (χ2v) is 6.35. The Balaban J connectivity index is 1.81. The average Bonchev–Trinajstić information content (AvgIpc) is 2.62. The summed E-state index contributed by atoms with van der Waals surface area (Å²) in [6.07, 6.45) is -0.867. The zero-order valence-electron chi connectivity index (χ0n) is 13.6. The molecule has 136 valence electrons. The lowest BCUT2D eigenvalue weighted by Crippen LogP contribution is -2.51. The summed E-state index contributed by atoms with van der Waals surface area (Å²) in [6, 6.07) is 13.2. The number of nitrogens with one attached hydrogen (secondary N) is 3. The third-order valence-electron chi connectivity index (χ3n) is 3.13. The van der Waals surface area contributed by atoms with Gasteiger partial charge in [0.25, 0.3) is 11.8 Å². The molecule has 0 aliphatic carbocycles. The molecule has 1 atom stereocenters. The number of hydrogen-bond donors (Lipinski definition) is 3. The molecule has 2 aromatic carbocycles. The van der Waals surface area contributed by atoms with E-state index in [1.54, 1.807) is 42.5 Å². The minimum absolute atomic E-state index is 0.0519. The van der Waals surface area contributed by atoms with Crippen molar-refractivity contribution in [2.75, 3.05) is 0 Å². The normalized spacial score (nSPS) is 11.2. The van der Waals surface area contributed by atoms with E-state index in [0.717, 1.165) is 0 Å². The third kappa shape index (κ3) is 5.87. The Morgan fingerprint density at radius 1 is 1.08 bits per heavy atom. The fourth-order valence-corrected chi connectivity index (χ4v) is 2.43. The van der Waals surface area contributed by atoms with Crippen LogP contribution in [0.5, 0.6) is 5.75 Å². The zero-order valence-corrected chi connectivity index (χ0v) is 15.9. The van der Waals surface area contributed by atoms with Gasteiger partial charge in [-0.1, -0.05) is 41.4 Å². The predicted molar refractivity (Wildman–Crippen MR) is 104 cm³/mol. The van der Waals surface area contributed by atoms with Crippen LogP contribution in [0.4, 0.5) is 0 Å². The van der Waals surface area contributed by atoms with Gasteiger partial charge < -0.3 is 4.74 Å². The molecule has 26 heavy (non-hydrogen) atoms. The Kier molecular flexibility index (Phi) is 7.20. The average molecular weight is 412 g/mol. The molecule has 0 spiro atoms. The van der Waals surface area contributed by atoms with Crippen molar-refractivity contribution in [2.24, 2.45) is 0 Å². The number of ether oxygens (including phenoxy) is 1. The van der Waals surface area contributed by atoms with E-state index in [-0.39, 0.29) is 10.1 Å². The molecule has 0 bridgehead atoms. The van der Waals surface area contributed by atoms with Crippen molar-refractivity contribution in [3.8, 4) is 5.75 Å². The van der Waals surface area contributed by atoms with Gasteiger partial charge in [-0.15, -0.1) is 0 Å². The SMILES string of the molecule is CC(Oc1ccc(Cl)cc1Cl)C(=O)NNC(=S)NC(=O)c1ccccc1. The number of rotatable bonds is 4. The van der Waals surface area contributed by atoms with Gasteiger partial charge in [0.1, 0.15) is 5.75 Å². The lowest BCUT2D eigenvalue weighted by Gasteiger charge is -2.17. The van der Waals surface area contributed by atoms with Crippen molar-refractivity contribution in [1.82, 2.24) is 16.2 Å². The topological polar surface area (TPSA) is 79.5 Å². The maximum Gasteiger partial charge on any atom is 0.279 e. The van der Waals surface area contributed by atoms with Gasteiger partial charge in [-0.2, -0.15) is 0 Å². The van der Waals surface area contributed by atoms with Gasteiger partial charge in [0.2, 0.25) is 0 Å². The minimum atomic E-state index is -0.867. The molecule has 2 amide bonds. The molecule has 9 heteroatoms. The first-order valence-corrected chi connectivity index (χ1v) is 8.61. The molecular weight excluding hydrogens is 397 g/mol. The van der Waals surface area contributed by atoms with Crippen molar-refractivity contribution in [1.29, 1.82) is 0 Å². The first kappa shape index (κ1) is 20.0. The number of carbonyl (C=O) groups is 2. The number of carbonyl (C=O) groups excluding carboxylic acids is 2. The molecule has 0 aliphatic heterocycles. The van der Waals surface area contributed by atoms with E-state index in [9.17, 15) is 9.59 Å². The van der Waals surface area contributed by atoms with E-state index in [1.807, 2.05) is 0 Å². The number of halogens is 2. The van der Waals surface area contributed by atoms with Crippen LogP contribution in [0, 0.1) is 0 Å². The largest absolute Gasteiger partial charge is 0.479 e. The maximum atomic E-state index is 12.0. The van der Waals surface area contributed by atoms with Crippen LogP contribution < -0.4 is 20.9 Å². The minimum Gasteiger partial charge on any atom is -0.479 e. The molecule has 2 rings (SSSR count). The summed E-state index contributed by atoms with van der Waals surface area (Å²) in [6.45, 7) is 1.54. The lowest BCUT2D eigenvalue weighted by molar-refractivity contribution is -0.127. The Bertz CT molecular complexity index is 818. The molecule has 1 unspecified atom stereocenters.